The molecule has 1 nitrogen and oxygen atoms in total. The molecule has 0 amide bonds. The molecule has 0 saturated carbocycles. The molecule has 0 aliphatic carbocycles. The first-order chi connectivity index (χ1) is 8.83. The summed E-state index contributed by atoms with van der Waals surface area (Å²) < 4.78 is 0. The second-order valence-corrected chi connectivity index (χ2v) is 4.24. The molecule has 0 unspecified atom stereocenters. The smallest absolute Gasteiger partial charge is 0.0414 e. The lowest BCUT2D eigenvalue weighted by Gasteiger charge is -2.11. The number of allylic oxidation sites excluding steroid dienone is 1. The predicted molar refractivity (Wildman–Crippen MR) is 79.5 cm³/mol. The van der Waals surface area contributed by atoms with E-state index in [4.69, 9.17) is 0 Å². The topological polar surface area (TPSA) is 12.0 Å². The van der Waals surface area contributed by atoms with Gasteiger partial charge < -0.3 is 5.32 Å². The molecule has 0 aliphatic rings. The van der Waals surface area contributed by atoms with Gasteiger partial charge in [-0.25, -0.2) is 0 Å². The van der Waals surface area contributed by atoms with Crippen molar-refractivity contribution in [2.24, 2.45) is 0 Å². The lowest BCUT2D eigenvalue weighted by Crippen LogP contribution is -1.98. The van der Waals surface area contributed by atoms with Crippen LogP contribution in [0.5, 0.6) is 0 Å². The average Bonchev–Trinajstić information content (AvgIpc) is 2.46. The van der Waals surface area contributed by atoms with Gasteiger partial charge in [0.1, 0.15) is 0 Å². The number of hydrogen-bond donors (Lipinski definition) is 1. The van der Waals surface area contributed by atoms with Gasteiger partial charge in [0.2, 0.25) is 0 Å². The second kappa shape index (κ2) is 6.06. The summed E-state index contributed by atoms with van der Waals surface area (Å²) in [7, 11) is 0. The molecule has 0 atom stereocenters. The molecule has 1 heteroatoms. The zero-order valence-corrected chi connectivity index (χ0v) is 11.0. The molecule has 0 aliphatic heterocycles. The van der Waals surface area contributed by atoms with E-state index in [1.165, 1.54) is 11.1 Å². The molecular formula is C17H19N. The van der Waals surface area contributed by atoms with Crippen molar-refractivity contribution in [1.29, 1.82) is 0 Å². The quantitative estimate of drug-likeness (QED) is 0.811. The van der Waals surface area contributed by atoms with Crippen molar-refractivity contribution in [2.45, 2.75) is 20.3 Å². The summed E-state index contributed by atoms with van der Waals surface area (Å²) in [5.41, 5.74) is 4.85. The maximum Gasteiger partial charge on any atom is 0.0414 e. The van der Waals surface area contributed by atoms with Crippen LogP contribution in [-0.4, -0.2) is 0 Å². The predicted octanol–water partition coefficient (Wildman–Crippen LogP) is 4.72. The van der Waals surface area contributed by atoms with Gasteiger partial charge in [0, 0.05) is 11.4 Å². The Bertz CT molecular complexity index is 509. The van der Waals surface area contributed by atoms with Crippen LogP contribution in [0.4, 0.5) is 5.69 Å². The highest BCUT2D eigenvalue weighted by atomic mass is 14.9. The molecule has 18 heavy (non-hydrogen) atoms. The normalized spacial score (nSPS) is 11.3. The molecule has 0 heterocycles. The molecular weight excluding hydrogens is 218 g/mol. The number of rotatable bonds is 4. The number of benzene rings is 2. The van der Waals surface area contributed by atoms with E-state index in [0.29, 0.717) is 0 Å². The van der Waals surface area contributed by atoms with Gasteiger partial charge in [-0.3, -0.25) is 0 Å². The first-order valence-corrected chi connectivity index (χ1v) is 6.41. The summed E-state index contributed by atoms with van der Waals surface area (Å²) in [5.74, 6) is 0. The van der Waals surface area contributed by atoms with Crippen molar-refractivity contribution >= 4 is 11.4 Å². The van der Waals surface area contributed by atoms with Crippen molar-refractivity contribution in [3.05, 3.63) is 71.8 Å². The van der Waals surface area contributed by atoms with E-state index in [1.54, 1.807) is 0 Å². The number of hydrogen-bond acceptors (Lipinski definition) is 1. The molecule has 1 N–H and O–H groups in total. The first-order valence-electron chi connectivity index (χ1n) is 6.41. The van der Waals surface area contributed by atoms with Crippen molar-refractivity contribution in [3.63, 3.8) is 0 Å². The summed E-state index contributed by atoms with van der Waals surface area (Å²) in [4.78, 5) is 0. The third-order valence-electron chi connectivity index (χ3n) is 3.01. The summed E-state index contributed by atoms with van der Waals surface area (Å²) in [6, 6.07) is 19.0. The highest BCUT2D eigenvalue weighted by molar-refractivity contribution is 5.76. The van der Waals surface area contributed by atoms with Crippen LogP contribution in [0.2, 0.25) is 0 Å². The Kier molecular flexibility index (Phi) is 4.19. The molecule has 0 radical (unpaired) electrons. The molecule has 0 spiro atoms. The number of nitrogens with one attached hydrogen (secondary N) is 1. The molecule has 0 bridgehead atoms. The van der Waals surface area contributed by atoms with Gasteiger partial charge in [-0.15, -0.1) is 0 Å². The van der Waals surface area contributed by atoms with Crippen molar-refractivity contribution in [2.75, 3.05) is 5.32 Å². The van der Waals surface area contributed by atoms with Gasteiger partial charge in [0.05, 0.1) is 0 Å². The number of para-hydroxylation sites is 1. The van der Waals surface area contributed by atoms with Crippen LogP contribution in [0.15, 0.2) is 60.7 Å². The van der Waals surface area contributed by atoms with Crippen molar-refractivity contribution in [3.8, 4) is 0 Å². The summed E-state index contributed by atoms with van der Waals surface area (Å²) in [6.07, 6.45) is 3.19. The standard InChI is InChI=1S/C17H19N/c1-3-14-10-12-15(13-11-14)17(4-2)18-16-8-6-5-7-9-16/h4-13,18H,3H2,1-2H3. The Morgan fingerprint density at radius 2 is 1.67 bits per heavy atom. The first kappa shape index (κ1) is 12.4. The zero-order chi connectivity index (χ0) is 12.8. The van der Waals surface area contributed by atoms with Crippen LogP contribution in [-0.2, 0) is 6.42 Å². The minimum absolute atomic E-state index is 1.08. The van der Waals surface area contributed by atoms with Gasteiger partial charge in [0.15, 0.2) is 0 Å². The van der Waals surface area contributed by atoms with Crippen LogP contribution in [0, 0.1) is 0 Å². The molecule has 2 rings (SSSR count). The monoisotopic (exact) mass is 237 g/mol. The number of aryl methyl sites for hydroxylation is 1. The second-order valence-electron chi connectivity index (χ2n) is 4.24. The SMILES string of the molecule is CC=C(Nc1ccccc1)c1ccc(CC)cc1. The van der Waals surface area contributed by atoms with Crippen molar-refractivity contribution in [1.82, 2.24) is 0 Å². The minimum Gasteiger partial charge on any atom is -0.355 e. The van der Waals surface area contributed by atoms with E-state index in [2.05, 4.69) is 61.6 Å². The fraction of sp³-hybridized carbons (Fsp3) is 0.176. The molecule has 2 aromatic carbocycles. The molecule has 0 aromatic heterocycles. The lowest BCUT2D eigenvalue weighted by molar-refractivity contribution is 1.14. The molecule has 0 fully saturated rings. The molecule has 0 saturated heterocycles. The summed E-state index contributed by atoms with van der Waals surface area (Å²) in [6.45, 7) is 4.23. The Balaban J connectivity index is 2.18. The maximum absolute atomic E-state index is 3.44. The minimum atomic E-state index is 1.08. The van der Waals surface area contributed by atoms with Gasteiger partial charge in [-0.2, -0.15) is 0 Å². The Morgan fingerprint density at radius 1 is 1.00 bits per heavy atom. The Labute approximate surface area is 109 Å². The van der Waals surface area contributed by atoms with Crippen LogP contribution in [0.1, 0.15) is 25.0 Å². The number of anilines is 1. The fourth-order valence-electron chi connectivity index (χ4n) is 1.91. The average molecular weight is 237 g/mol. The largest absolute Gasteiger partial charge is 0.355 e. The Hall–Kier alpha value is -2.02. The Morgan fingerprint density at radius 3 is 2.22 bits per heavy atom. The highest BCUT2D eigenvalue weighted by Crippen LogP contribution is 2.18. The van der Waals surface area contributed by atoms with E-state index in [9.17, 15) is 0 Å². The van der Waals surface area contributed by atoms with E-state index in [0.717, 1.165) is 17.8 Å². The van der Waals surface area contributed by atoms with Gasteiger partial charge in [-0.05, 0) is 36.6 Å². The van der Waals surface area contributed by atoms with Crippen LogP contribution < -0.4 is 5.32 Å². The van der Waals surface area contributed by atoms with Gasteiger partial charge in [-0.1, -0.05) is 55.5 Å². The van der Waals surface area contributed by atoms with Crippen molar-refractivity contribution < 1.29 is 0 Å². The summed E-state index contributed by atoms with van der Waals surface area (Å²) in [5, 5.41) is 3.44. The van der Waals surface area contributed by atoms with Crippen LogP contribution >= 0.6 is 0 Å². The highest BCUT2D eigenvalue weighted by Gasteiger charge is 2.00. The fourth-order valence-corrected chi connectivity index (χ4v) is 1.91. The summed E-state index contributed by atoms with van der Waals surface area (Å²) >= 11 is 0. The third kappa shape index (κ3) is 3.01. The lowest BCUT2D eigenvalue weighted by atomic mass is 10.1. The van der Waals surface area contributed by atoms with Crippen LogP contribution in [0.3, 0.4) is 0 Å². The van der Waals surface area contributed by atoms with Gasteiger partial charge >= 0.3 is 0 Å². The van der Waals surface area contributed by atoms with Crippen LogP contribution in [0.25, 0.3) is 5.70 Å². The van der Waals surface area contributed by atoms with E-state index >= 15 is 0 Å². The zero-order valence-electron chi connectivity index (χ0n) is 11.0. The van der Waals surface area contributed by atoms with E-state index in [1.807, 2.05) is 18.2 Å². The third-order valence-corrected chi connectivity index (χ3v) is 3.01. The van der Waals surface area contributed by atoms with Gasteiger partial charge in [0.25, 0.3) is 0 Å². The van der Waals surface area contributed by atoms with E-state index in [-0.39, 0.29) is 0 Å². The maximum atomic E-state index is 3.44. The molecule has 2 aromatic rings. The van der Waals surface area contributed by atoms with E-state index < -0.39 is 0 Å². The molecule has 92 valence electrons.